The van der Waals surface area contributed by atoms with E-state index in [2.05, 4.69) is 4.98 Å². The number of Topliss-reactive ketones (excluding diaryl/α,β-unsaturated/α-hetero) is 1. The van der Waals surface area contributed by atoms with Gasteiger partial charge in [-0.05, 0) is 49.7 Å². The Balaban J connectivity index is 1.82. The van der Waals surface area contributed by atoms with E-state index in [1.807, 2.05) is 32.0 Å². The molecule has 132 valence electrons. The molecule has 0 saturated carbocycles. The summed E-state index contributed by atoms with van der Waals surface area (Å²) in [7, 11) is 0. The summed E-state index contributed by atoms with van der Waals surface area (Å²) in [5.41, 5.74) is 2.79. The minimum Gasteiger partial charge on any atom is -0.293 e. The normalized spacial score (nSPS) is 10.7. The smallest absolute Gasteiger partial charge is 0.287 e. The monoisotopic (exact) mass is 368 g/mol. The van der Waals surface area contributed by atoms with E-state index in [1.54, 1.807) is 0 Å². The summed E-state index contributed by atoms with van der Waals surface area (Å²) >= 11 is 1.11. The predicted molar refractivity (Wildman–Crippen MR) is 101 cm³/mol. The summed E-state index contributed by atoms with van der Waals surface area (Å²) in [6, 6.07) is 11.3. The molecular weight excluding hydrogens is 351 g/mol. The first kappa shape index (κ1) is 18.1. The maximum Gasteiger partial charge on any atom is 0.287 e. The quantitative estimate of drug-likeness (QED) is 0.505. The molecule has 0 bridgehead atoms. The number of nitrogens with zero attached hydrogens (tertiary/aromatic N) is 2. The molecule has 0 saturated heterocycles. The number of ketones is 1. The van der Waals surface area contributed by atoms with Crippen molar-refractivity contribution in [2.45, 2.75) is 18.9 Å². The van der Waals surface area contributed by atoms with E-state index >= 15 is 0 Å². The van der Waals surface area contributed by atoms with E-state index in [-0.39, 0.29) is 27.9 Å². The van der Waals surface area contributed by atoms with E-state index in [1.165, 1.54) is 41.2 Å². The van der Waals surface area contributed by atoms with Crippen LogP contribution in [0.25, 0.3) is 5.69 Å². The van der Waals surface area contributed by atoms with Crippen molar-refractivity contribution in [3.05, 3.63) is 87.7 Å². The van der Waals surface area contributed by atoms with Crippen LogP contribution in [-0.2, 0) is 0 Å². The number of halogens is 1. The first-order valence-electron chi connectivity index (χ1n) is 8.02. The fourth-order valence-corrected chi connectivity index (χ4v) is 3.33. The van der Waals surface area contributed by atoms with Crippen molar-refractivity contribution >= 4 is 17.5 Å². The van der Waals surface area contributed by atoms with Gasteiger partial charge in [0.25, 0.3) is 5.56 Å². The zero-order chi connectivity index (χ0) is 18.7. The topological polar surface area (TPSA) is 52.0 Å². The van der Waals surface area contributed by atoms with Gasteiger partial charge in [-0.1, -0.05) is 29.5 Å². The Morgan fingerprint density at radius 3 is 2.62 bits per heavy atom. The molecule has 0 spiro atoms. The zero-order valence-corrected chi connectivity index (χ0v) is 15.2. The molecule has 0 fully saturated rings. The Kier molecular flexibility index (Phi) is 5.32. The largest absolute Gasteiger partial charge is 0.293 e. The first-order valence-corrected chi connectivity index (χ1v) is 9.01. The molecule has 6 heteroatoms. The van der Waals surface area contributed by atoms with Crippen LogP contribution < -0.4 is 5.56 Å². The van der Waals surface area contributed by atoms with Crippen molar-refractivity contribution in [2.24, 2.45) is 0 Å². The highest BCUT2D eigenvalue weighted by atomic mass is 32.2. The van der Waals surface area contributed by atoms with Crippen LogP contribution in [0.15, 0.2) is 64.7 Å². The number of carbonyl (C=O) groups is 1. The molecule has 0 amide bonds. The maximum atomic E-state index is 13.1. The Morgan fingerprint density at radius 2 is 1.88 bits per heavy atom. The Bertz CT molecular complexity index is 1010. The molecule has 0 atom stereocenters. The number of rotatable bonds is 5. The van der Waals surface area contributed by atoms with Crippen LogP contribution in [0.4, 0.5) is 4.39 Å². The molecular formula is C20H17FN2O2S. The summed E-state index contributed by atoms with van der Waals surface area (Å²) in [6.45, 7) is 3.82. The lowest BCUT2D eigenvalue weighted by atomic mass is 10.0. The van der Waals surface area contributed by atoms with Gasteiger partial charge in [0.15, 0.2) is 10.8 Å². The van der Waals surface area contributed by atoms with Crippen molar-refractivity contribution in [1.29, 1.82) is 0 Å². The SMILES string of the molecule is Cc1ccc(C)c(C(=O)CSc2nccn(-c3ccc(F)cc3)c2=O)c1. The average Bonchev–Trinajstić information content (AvgIpc) is 2.63. The van der Waals surface area contributed by atoms with Gasteiger partial charge < -0.3 is 0 Å². The van der Waals surface area contributed by atoms with Crippen LogP contribution in [0, 0.1) is 19.7 Å². The average molecular weight is 368 g/mol. The van der Waals surface area contributed by atoms with Gasteiger partial charge in [0.1, 0.15) is 5.82 Å². The van der Waals surface area contributed by atoms with Gasteiger partial charge in [0.2, 0.25) is 0 Å². The number of benzene rings is 2. The van der Waals surface area contributed by atoms with Gasteiger partial charge in [-0.25, -0.2) is 9.37 Å². The van der Waals surface area contributed by atoms with Crippen LogP contribution in [0.1, 0.15) is 21.5 Å². The molecule has 4 nitrogen and oxygen atoms in total. The van der Waals surface area contributed by atoms with Gasteiger partial charge >= 0.3 is 0 Å². The lowest BCUT2D eigenvalue weighted by Gasteiger charge is -2.08. The molecule has 0 aliphatic carbocycles. The van der Waals surface area contributed by atoms with Gasteiger partial charge in [-0.3, -0.25) is 14.2 Å². The fraction of sp³-hybridized carbons (Fsp3) is 0.150. The van der Waals surface area contributed by atoms with E-state index in [4.69, 9.17) is 0 Å². The molecule has 0 radical (unpaired) electrons. The number of aromatic nitrogens is 2. The van der Waals surface area contributed by atoms with Gasteiger partial charge in [0.05, 0.1) is 5.75 Å². The van der Waals surface area contributed by atoms with Gasteiger partial charge in [0, 0.05) is 23.6 Å². The summed E-state index contributed by atoms with van der Waals surface area (Å²) in [4.78, 5) is 29.2. The minimum atomic E-state index is -0.371. The van der Waals surface area contributed by atoms with Crippen molar-refractivity contribution < 1.29 is 9.18 Å². The highest BCUT2D eigenvalue weighted by Gasteiger charge is 2.13. The minimum absolute atomic E-state index is 0.0467. The lowest BCUT2D eigenvalue weighted by molar-refractivity contribution is 0.102. The third kappa shape index (κ3) is 3.91. The summed E-state index contributed by atoms with van der Waals surface area (Å²) in [6.07, 6.45) is 3.02. The fourth-order valence-electron chi connectivity index (χ4n) is 2.55. The number of hydrogen-bond donors (Lipinski definition) is 0. The van der Waals surface area contributed by atoms with Crippen molar-refractivity contribution in [3.63, 3.8) is 0 Å². The van der Waals surface area contributed by atoms with Crippen molar-refractivity contribution in [2.75, 3.05) is 5.75 Å². The van der Waals surface area contributed by atoms with E-state index in [0.717, 1.165) is 22.9 Å². The third-order valence-electron chi connectivity index (χ3n) is 3.95. The molecule has 0 aliphatic rings. The summed E-state index contributed by atoms with van der Waals surface area (Å²) in [5.74, 6) is -0.292. The second-order valence-corrected chi connectivity index (χ2v) is 6.88. The number of hydrogen-bond acceptors (Lipinski definition) is 4. The van der Waals surface area contributed by atoms with Crippen LogP contribution >= 0.6 is 11.8 Å². The number of aryl methyl sites for hydroxylation is 2. The van der Waals surface area contributed by atoms with Crippen LogP contribution in [0.5, 0.6) is 0 Å². The highest BCUT2D eigenvalue weighted by molar-refractivity contribution is 7.99. The second-order valence-electron chi connectivity index (χ2n) is 5.91. The molecule has 2 aromatic carbocycles. The van der Waals surface area contributed by atoms with Crippen molar-refractivity contribution in [1.82, 2.24) is 9.55 Å². The number of thioether (sulfide) groups is 1. The van der Waals surface area contributed by atoms with Crippen molar-refractivity contribution in [3.8, 4) is 5.69 Å². The molecule has 3 rings (SSSR count). The third-order valence-corrected chi connectivity index (χ3v) is 4.91. The van der Waals surface area contributed by atoms with E-state index < -0.39 is 0 Å². The van der Waals surface area contributed by atoms with Crippen LogP contribution in [-0.4, -0.2) is 21.1 Å². The molecule has 26 heavy (non-hydrogen) atoms. The molecule has 1 aromatic heterocycles. The summed E-state index contributed by atoms with van der Waals surface area (Å²) < 4.78 is 14.5. The predicted octanol–water partition coefficient (Wildman–Crippen LogP) is 3.96. The molecule has 1 heterocycles. The molecule has 0 unspecified atom stereocenters. The highest BCUT2D eigenvalue weighted by Crippen LogP contribution is 2.17. The lowest BCUT2D eigenvalue weighted by Crippen LogP contribution is -2.21. The van der Waals surface area contributed by atoms with Gasteiger partial charge in [-0.2, -0.15) is 0 Å². The Hall–Kier alpha value is -2.73. The molecule has 0 N–H and O–H groups in total. The van der Waals surface area contributed by atoms with Crippen LogP contribution in [0.2, 0.25) is 0 Å². The van der Waals surface area contributed by atoms with E-state index in [0.29, 0.717) is 11.3 Å². The van der Waals surface area contributed by atoms with Crippen LogP contribution in [0.3, 0.4) is 0 Å². The maximum absolute atomic E-state index is 13.1. The Labute approximate surface area is 154 Å². The standard InChI is InChI=1S/C20H17FN2O2S/c1-13-3-4-14(2)17(11-13)18(24)12-26-19-20(25)23(10-9-22-19)16-7-5-15(21)6-8-16/h3-11H,12H2,1-2H3. The number of carbonyl (C=O) groups excluding carboxylic acids is 1. The molecule has 0 aliphatic heterocycles. The Morgan fingerprint density at radius 1 is 1.15 bits per heavy atom. The second kappa shape index (κ2) is 7.66. The summed E-state index contributed by atoms with van der Waals surface area (Å²) in [5, 5.41) is 0.232. The van der Waals surface area contributed by atoms with E-state index in [9.17, 15) is 14.0 Å². The van der Waals surface area contributed by atoms with Gasteiger partial charge in [-0.15, -0.1) is 0 Å². The zero-order valence-electron chi connectivity index (χ0n) is 14.4. The molecule has 3 aromatic rings. The first-order chi connectivity index (χ1) is 12.5.